The smallest absolute Gasteiger partial charge is 0.259 e. The fraction of sp³-hybridized carbons (Fsp3) is 0.444. The molecule has 1 atom stereocenters. The van der Waals surface area contributed by atoms with Gasteiger partial charge in [0.2, 0.25) is 0 Å². The topological polar surface area (TPSA) is 63.2 Å². The molecule has 3 aliphatic heterocycles. The average Bonchev–Trinajstić information content (AvgIpc) is 3.22. The highest BCUT2D eigenvalue weighted by atomic mass is 32.2. The van der Waals surface area contributed by atoms with Gasteiger partial charge in [0.05, 0.1) is 25.2 Å². The third-order valence-corrected chi connectivity index (χ3v) is 5.96. The fourth-order valence-electron chi connectivity index (χ4n) is 3.39. The largest absolute Gasteiger partial charge is 0.493 e. The maximum absolute atomic E-state index is 12.5. The molecule has 0 radical (unpaired) electrons. The van der Waals surface area contributed by atoms with Gasteiger partial charge in [0.25, 0.3) is 5.91 Å². The molecule has 25 heavy (non-hydrogen) atoms. The van der Waals surface area contributed by atoms with Gasteiger partial charge in [-0.3, -0.25) is 9.79 Å². The summed E-state index contributed by atoms with van der Waals surface area (Å²) in [7, 11) is 1.65. The third-order valence-electron chi connectivity index (χ3n) is 4.74. The van der Waals surface area contributed by atoms with Crippen molar-refractivity contribution in [3.8, 4) is 11.5 Å². The zero-order valence-corrected chi connectivity index (χ0v) is 15.2. The highest BCUT2D eigenvalue weighted by Gasteiger charge is 2.33. The van der Waals surface area contributed by atoms with Gasteiger partial charge >= 0.3 is 0 Å². The Bertz CT molecular complexity index is 775. The number of ether oxygens (including phenoxy) is 2. The first-order chi connectivity index (χ1) is 12.2. The van der Waals surface area contributed by atoms with Crippen LogP contribution in [-0.2, 0) is 11.2 Å². The highest BCUT2D eigenvalue weighted by molar-refractivity contribution is 8.18. The van der Waals surface area contributed by atoms with Gasteiger partial charge in [0.15, 0.2) is 16.7 Å². The monoisotopic (exact) mass is 359 g/mol. The standard InChI is InChI=1S/C18H21N3O3S/c1-11-16(25-18-19-6-7-21(11)18)17(22)20-9-12-8-13-4-3-5-14(23-2)15(13)24-10-12/h3-5,12H,6-10H2,1-2H3,(H,20,22)/t12-/m0/s1. The maximum atomic E-state index is 12.5. The van der Waals surface area contributed by atoms with Crippen LogP contribution in [0, 0.1) is 5.92 Å². The molecule has 132 valence electrons. The van der Waals surface area contributed by atoms with Crippen LogP contribution in [0.3, 0.4) is 0 Å². The number of fused-ring (bicyclic) bond motifs is 2. The fourth-order valence-corrected chi connectivity index (χ4v) is 4.49. The van der Waals surface area contributed by atoms with E-state index < -0.39 is 0 Å². The van der Waals surface area contributed by atoms with Crippen molar-refractivity contribution in [1.29, 1.82) is 0 Å². The van der Waals surface area contributed by atoms with Crippen molar-refractivity contribution in [1.82, 2.24) is 10.2 Å². The van der Waals surface area contributed by atoms with Crippen molar-refractivity contribution in [2.45, 2.75) is 13.3 Å². The van der Waals surface area contributed by atoms with E-state index in [1.807, 2.05) is 19.1 Å². The molecular formula is C18H21N3O3S. The van der Waals surface area contributed by atoms with Gasteiger partial charge in [0, 0.05) is 24.7 Å². The van der Waals surface area contributed by atoms with Crippen LogP contribution < -0.4 is 14.8 Å². The summed E-state index contributed by atoms with van der Waals surface area (Å²) in [6, 6.07) is 5.93. The Labute approximate surface area is 151 Å². The lowest BCUT2D eigenvalue weighted by molar-refractivity contribution is -0.117. The van der Waals surface area contributed by atoms with Crippen LogP contribution >= 0.6 is 11.8 Å². The molecule has 0 unspecified atom stereocenters. The molecule has 0 aliphatic carbocycles. The molecule has 1 aromatic rings. The Kier molecular flexibility index (Phi) is 4.33. The Morgan fingerprint density at radius 3 is 3.20 bits per heavy atom. The molecule has 6 nitrogen and oxygen atoms in total. The van der Waals surface area contributed by atoms with Crippen LogP contribution in [0.2, 0.25) is 0 Å². The molecule has 1 N–H and O–H groups in total. The Morgan fingerprint density at radius 1 is 1.52 bits per heavy atom. The summed E-state index contributed by atoms with van der Waals surface area (Å²) in [5.41, 5.74) is 2.14. The second-order valence-corrected chi connectivity index (χ2v) is 7.35. The number of nitrogens with one attached hydrogen (secondary N) is 1. The molecule has 0 spiro atoms. The van der Waals surface area contributed by atoms with Gasteiger partial charge < -0.3 is 19.7 Å². The lowest BCUT2D eigenvalue weighted by Gasteiger charge is -2.26. The Balaban J connectivity index is 1.37. The molecule has 0 fully saturated rings. The number of hydrogen-bond donors (Lipinski definition) is 1. The zero-order chi connectivity index (χ0) is 17.4. The first kappa shape index (κ1) is 16.3. The van der Waals surface area contributed by atoms with Crippen LogP contribution in [0.15, 0.2) is 33.8 Å². The number of benzene rings is 1. The minimum absolute atomic E-state index is 0.0176. The summed E-state index contributed by atoms with van der Waals surface area (Å²) in [5, 5.41) is 4.01. The van der Waals surface area contributed by atoms with E-state index in [2.05, 4.69) is 21.3 Å². The first-order valence-electron chi connectivity index (χ1n) is 8.45. The van der Waals surface area contributed by atoms with Crippen molar-refractivity contribution in [3.05, 3.63) is 34.4 Å². The van der Waals surface area contributed by atoms with E-state index >= 15 is 0 Å². The lowest BCUT2D eigenvalue weighted by atomic mass is 9.96. The summed E-state index contributed by atoms with van der Waals surface area (Å²) in [4.78, 5) is 19.8. The van der Waals surface area contributed by atoms with Gasteiger partial charge in [-0.05, 0) is 36.7 Å². The van der Waals surface area contributed by atoms with E-state index in [0.717, 1.165) is 52.3 Å². The van der Waals surface area contributed by atoms with Crippen LogP contribution in [0.1, 0.15) is 12.5 Å². The number of carbonyl (C=O) groups excluding carboxylic acids is 1. The number of aliphatic imine (C=N–C) groups is 1. The number of methoxy groups -OCH3 is 1. The van der Waals surface area contributed by atoms with Crippen molar-refractivity contribution in [3.63, 3.8) is 0 Å². The number of para-hydroxylation sites is 1. The van der Waals surface area contributed by atoms with E-state index in [9.17, 15) is 4.79 Å². The summed E-state index contributed by atoms with van der Waals surface area (Å²) in [5.74, 6) is 1.84. The molecule has 0 saturated carbocycles. The number of hydrogen-bond acceptors (Lipinski definition) is 6. The van der Waals surface area contributed by atoms with E-state index in [1.54, 1.807) is 7.11 Å². The predicted molar refractivity (Wildman–Crippen MR) is 98.0 cm³/mol. The van der Waals surface area contributed by atoms with Crippen LogP contribution in [0.5, 0.6) is 11.5 Å². The van der Waals surface area contributed by atoms with Crippen molar-refractivity contribution in [2.75, 3.05) is 33.4 Å². The second-order valence-electron chi connectivity index (χ2n) is 6.37. The SMILES string of the molecule is COc1cccc2c1OC[C@H](CNC(=O)C1=C(C)N3CCN=C3S1)C2. The number of amides is 1. The maximum Gasteiger partial charge on any atom is 0.259 e. The minimum atomic E-state index is -0.0176. The lowest BCUT2D eigenvalue weighted by Crippen LogP contribution is -2.35. The minimum Gasteiger partial charge on any atom is -0.493 e. The number of nitrogens with zero attached hydrogens (tertiary/aromatic N) is 2. The highest BCUT2D eigenvalue weighted by Crippen LogP contribution is 2.37. The van der Waals surface area contributed by atoms with Crippen LogP contribution in [-0.4, -0.2) is 49.3 Å². The molecule has 1 amide bonds. The van der Waals surface area contributed by atoms with Gasteiger partial charge in [-0.2, -0.15) is 0 Å². The van der Waals surface area contributed by atoms with E-state index in [4.69, 9.17) is 9.47 Å². The molecule has 3 heterocycles. The normalized spacial score (nSPS) is 21.4. The predicted octanol–water partition coefficient (Wildman–Crippen LogP) is 2.01. The van der Waals surface area contributed by atoms with Crippen LogP contribution in [0.4, 0.5) is 0 Å². The molecule has 1 aromatic carbocycles. The quantitative estimate of drug-likeness (QED) is 0.891. The molecule has 3 aliphatic rings. The number of allylic oxidation sites excluding steroid dienone is 1. The van der Waals surface area contributed by atoms with Gasteiger partial charge in [0.1, 0.15) is 0 Å². The Morgan fingerprint density at radius 2 is 2.40 bits per heavy atom. The van der Waals surface area contributed by atoms with E-state index in [1.165, 1.54) is 11.8 Å². The van der Waals surface area contributed by atoms with Crippen molar-refractivity contribution >= 4 is 22.8 Å². The van der Waals surface area contributed by atoms with E-state index in [0.29, 0.717) is 13.2 Å². The van der Waals surface area contributed by atoms with Gasteiger partial charge in [-0.15, -0.1) is 0 Å². The molecule has 0 aromatic heterocycles. The summed E-state index contributed by atoms with van der Waals surface area (Å²) >= 11 is 1.47. The molecule has 4 rings (SSSR count). The molecule has 0 bridgehead atoms. The van der Waals surface area contributed by atoms with Crippen LogP contribution in [0.25, 0.3) is 0 Å². The summed E-state index contributed by atoms with van der Waals surface area (Å²) in [6.45, 7) is 4.86. The number of rotatable bonds is 4. The molecule has 0 saturated heterocycles. The molecule has 7 heteroatoms. The van der Waals surface area contributed by atoms with Crippen molar-refractivity contribution in [2.24, 2.45) is 10.9 Å². The third kappa shape index (κ3) is 2.97. The summed E-state index contributed by atoms with van der Waals surface area (Å²) in [6.07, 6.45) is 0.872. The Hall–Kier alpha value is -2.15. The summed E-state index contributed by atoms with van der Waals surface area (Å²) < 4.78 is 11.2. The van der Waals surface area contributed by atoms with E-state index in [-0.39, 0.29) is 11.8 Å². The average molecular weight is 359 g/mol. The second kappa shape index (κ2) is 6.63. The number of carbonyl (C=O) groups is 1. The number of thioether (sulfide) groups is 1. The zero-order valence-electron chi connectivity index (χ0n) is 14.4. The molecular weight excluding hydrogens is 338 g/mol. The number of amidine groups is 1. The van der Waals surface area contributed by atoms with Crippen molar-refractivity contribution < 1.29 is 14.3 Å². The van der Waals surface area contributed by atoms with Gasteiger partial charge in [-0.25, -0.2) is 0 Å². The van der Waals surface area contributed by atoms with Gasteiger partial charge in [-0.1, -0.05) is 12.1 Å². The first-order valence-corrected chi connectivity index (χ1v) is 9.26.